The van der Waals surface area contributed by atoms with Gasteiger partial charge in [-0.1, -0.05) is 0 Å². The van der Waals surface area contributed by atoms with E-state index in [2.05, 4.69) is 5.10 Å². The second-order valence-corrected chi connectivity index (χ2v) is 4.21. The van der Waals surface area contributed by atoms with Gasteiger partial charge in [0.15, 0.2) is 5.78 Å². The zero-order chi connectivity index (χ0) is 10.1. The fraction of sp³-hybridized carbons (Fsp3) is 0.200. The Bertz CT molecular complexity index is 470. The molecule has 0 aliphatic rings. The number of Topliss-reactive ketones (excluding diaryl/α,β-unsaturated/α-hetero) is 1. The number of thiophene rings is 1. The lowest BCUT2D eigenvalue weighted by atomic mass is 10.3. The van der Waals surface area contributed by atoms with Crippen LogP contribution in [0.1, 0.15) is 16.6 Å². The number of aromatic nitrogens is 2. The standard InChI is InChI=1S/C10H10N2OS/c1-7(13)9-3-4-10(14-9)8-5-11-12(2)6-8/h3-6H,1-2H3. The van der Waals surface area contributed by atoms with E-state index in [1.807, 2.05) is 25.4 Å². The van der Waals surface area contributed by atoms with Crippen molar-refractivity contribution in [2.24, 2.45) is 7.05 Å². The Morgan fingerprint density at radius 2 is 2.29 bits per heavy atom. The number of hydrogen-bond donors (Lipinski definition) is 0. The summed E-state index contributed by atoms with van der Waals surface area (Å²) in [5, 5.41) is 4.09. The minimum Gasteiger partial charge on any atom is -0.294 e. The molecule has 0 atom stereocenters. The Kier molecular flexibility index (Phi) is 2.21. The number of hydrogen-bond acceptors (Lipinski definition) is 3. The highest BCUT2D eigenvalue weighted by molar-refractivity contribution is 7.17. The molecule has 0 aliphatic carbocycles. The summed E-state index contributed by atoms with van der Waals surface area (Å²) in [6.45, 7) is 1.58. The van der Waals surface area contributed by atoms with Crippen molar-refractivity contribution in [3.8, 4) is 10.4 Å². The smallest absolute Gasteiger partial charge is 0.169 e. The number of carbonyl (C=O) groups is 1. The summed E-state index contributed by atoms with van der Waals surface area (Å²) in [7, 11) is 1.88. The van der Waals surface area contributed by atoms with Crippen LogP contribution in [0.2, 0.25) is 0 Å². The van der Waals surface area contributed by atoms with E-state index in [-0.39, 0.29) is 5.78 Å². The summed E-state index contributed by atoms with van der Waals surface area (Å²) < 4.78 is 1.75. The maximum absolute atomic E-state index is 11.1. The van der Waals surface area contributed by atoms with Gasteiger partial charge in [-0.25, -0.2) is 0 Å². The maximum atomic E-state index is 11.1. The fourth-order valence-corrected chi connectivity index (χ4v) is 2.11. The number of carbonyl (C=O) groups excluding carboxylic acids is 1. The van der Waals surface area contributed by atoms with Crippen molar-refractivity contribution in [2.45, 2.75) is 6.92 Å². The number of ketones is 1. The first kappa shape index (κ1) is 9.15. The Morgan fingerprint density at radius 3 is 2.79 bits per heavy atom. The molecule has 2 aromatic rings. The summed E-state index contributed by atoms with van der Waals surface area (Å²) >= 11 is 1.50. The van der Waals surface area contributed by atoms with Gasteiger partial charge in [0.2, 0.25) is 0 Å². The van der Waals surface area contributed by atoms with Crippen molar-refractivity contribution in [1.29, 1.82) is 0 Å². The summed E-state index contributed by atoms with van der Waals surface area (Å²) in [6, 6.07) is 3.81. The highest BCUT2D eigenvalue weighted by atomic mass is 32.1. The van der Waals surface area contributed by atoms with Gasteiger partial charge in [-0.3, -0.25) is 9.48 Å². The quantitative estimate of drug-likeness (QED) is 0.707. The SMILES string of the molecule is CC(=O)c1ccc(-c2cnn(C)c2)s1. The Hall–Kier alpha value is -1.42. The molecule has 0 N–H and O–H groups in total. The van der Waals surface area contributed by atoms with E-state index in [9.17, 15) is 4.79 Å². The van der Waals surface area contributed by atoms with Gasteiger partial charge in [0.25, 0.3) is 0 Å². The average Bonchev–Trinajstić information content (AvgIpc) is 2.70. The molecule has 0 saturated carbocycles. The normalized spacial score (nSPS) is 10.4. The lowest BCUT2D eigenvalue weighted by molar-refractivity contribution is 0.102. The molecule has 0 fully saturated rings. The number of aryl methyl sites for hydroxylation is 1. The molecule has 3 nitrogen and oxygen atoms in total. The van der Waals surface area contributed by atoms with Crippen molar-refractivity contribution in [1.82, 2.24) is 9.78 Å². The molecule has 4 heteroatoms. The Balaban J connectivity index is 2.38. The van der Waals surface area contributed by atoms with Crippen LogP contribution in [0.15, 0.2) is 24.5 Å². The molecule has 2 aromatic heterocycles. The first-order valence-corrected chi connectivity index (χ1v) is 5.08. The van der Waals surface area contributed by atoms with Crippen molar-refractivity contribution < 1.29 is 4.79 Å². The van der Waals surface area contributed by atoms with E-state index in [0.29, 0.717) is 0 Å². The van der Waals surface area contributed by atoms with Crippen LogP contribution in [0, 0.1) is 0 Å². The summed E-state index contributed by atoms with van der Waals surface area (Å²) in [6.07, 6.45) is 3.74. The van der Waals surface area contributed by atoms with E-state index in [1.54, 1.807) is 17.8 Å². The van der Waals surface area contributed by atoms with E-state index in [0.717, 1.165) is 15.3 Å². The van der Waals surface area contributed by atoms with Crippen molar-refractivity contribution in [3.63, 3.8) is 0 Å². The third-order valence-corrected chi connectivity index (χ3v) is 3.18. The van der Waals surface area contributed by atoms with E-state index in [1.165, 1.54) is 11.3 Å². The van der Waals surface area contributed by atoms with E-state index >= 15 is 0 Å². The van der Waals surface area contributed by atoms with Gasteiger partial charge < -0.3 is 0 Å². The summed E-state index contributed by atoms with van der Waals surface area (Å²) in [5.74, 6) is 0.116. The van der Waals surface area contributed by atoms with Crippen LogP contribution < -0.4 is 0 Å². The van der Waals surface area contributed by atoms with Crippen molar-refractivity contribution in [3.05, 3.63) is 29.4 Å². The van der Waals surface area contributed by atoms with E-state index < -0.39 is 0 Å². The van der Waals surface area contributed by atoms with Crippen LogP contribution in [-0.4, -0.2) is 15.6 Å². The molecule has 14 heavy (non-hydrogen) atoms. The van der Waals surface area contributed by atoms with Gasteiger partial charge in [0.05, 0.1) is 11.1 Å². The molecule has 0 aromatic carbocycles. The molecule has 0 bridgehead atoms. The van der Waals surface area contributed by atoms with Crippen LogP contribution >= 0.6 is 11.3 Å². The van der Waals surface area contributed by atoms with Gasteiger partial charge in [-0.05, 0) is 19.1 Å². The molecule has 0 amide bonds. The monoisotopic (exact) mass is 206 g/mol. The second-order valence-electron chi connectivity index (χ2n) is 3.12. The Labute approximate surface area is 86.0 Å². The molecule has 0 spiro atoms. The molecule has 0 saturated heterocycles. The zero-order valence-corrected chi connectivity index (χ0v) is 8.84. The van der Waals surface area contributed by atoms with Gasteiger partial charge >= 0.3 is 0 Å². The lowest BCUT2D eigenvalue weighted by Gasteiger charge is -1.88. The van der Waals surface area contributed by atoms with Gasteiger partial charge in [-0.2, -0.15) is 5.10 Å². The van der Waals surface area contributed by atoms with Crippen LogP contribution in [0.5, 0.6) is 0 Å². The lowest BCUT2D eigenvalue weighted by Crippen LogP contribution is -1.84. The first-order chi connectivity index (χ1) is 6.66. The maximum Gasteiger partial charge on any atom is 0.169 e. The molecule has 2 heterocycles. The fourth-order valence-electron chi connectivity index (χ4n) is 1.23. The molecule has 72 valence electrons. The molecule has 0 unspecified atom stereocenters. The molecule has 2 rings (SSSR count). The number of rotatable bonds is 2. The van der Waals surface area contributed by atoms with Crippen molar-refractivity contribution >= 4 is 17.1 Å². The van der Waals surface area contributed by atoms with Crippen molar-refractivity contribution in [2.75, 3.05) is 0 Å². The highest BCUT2D eigenvalue weighted by Crippen LogP contribution is 2.27. The topological polar surface area (TPSA) is 34.9 Å². The van der Waals surface area contributed by atoms with Gasteiger partial charge in [0.1, 0.15) is 0 Å². The van der Waals surface area contributed by atoms with Gasteiger partial charge in [0, 0.05) is 23.7 Å². The minimum atomic E-state index is 0.116. The second kappa shape index (κ2) is 3.38. The zero-order valence-electron chi connectivity index (χ0n) is 8.02. The molecular weight excluding hydrogens is 196 g/mol. The van der Waals surface area contributed by atoms with E-state index in [4.69, 9.17) is 0 Å². The largest absolute Gasteiger partial charge is 0.294 e. The summed E-state index contributed by atoms with van der Waals surface area (Å²) in [5.41, 5.74) is 1.06. The summed E-state index contributed by atoms with van der Waals surface area (Å²) in [4.78, 5) is 13.0. The average molecular weight is 206 g/mol. The van der Waals surface area contributed by atoms with Gasteiger partial charge in [-0.15, -0.1) is 11.3 Å². The molecule has 0 radical (unpaired) electrons. The predicted octanol–water partition coefficient (Wildman–Crippen LogP) is 2.35. The van der Waals surface area contributed by atoms with Crippen LogP contribution in [-0.2, 0) is 7.05 Å². The molecular formula is C10H10N2OS. The van der Waals surface area contributed by atoms with Crippen LogP contribution in [0.4, 0.5) is 0 Å². The molecule has 0 aliphatic heterocycles. The Morgan fingerprint density at radius 1 is 1.50 bits per heavy atom. The van der Waals surface area contributed by atoms with Crippen LogP contribution in [0.3, 0.4) is 0 Å². The minimum absolute atomic E-state index is 0.116. The third-order valence-electron chi connectivity index (χ3n) is 1.94. The van der Waals surface area contributed by atoms with Crippen LogP contribution in [0.25, 0.3) is 10.4 Å². The first-order valence-electron chi connectivity index (χ1n) is 4.26. The number of nitrogens with zero attached hydrogens (tertiary/aromatic N) is 2. The highest BCUT2D eigenvalue weighted by Gasteiger charge is 2.06. The third kappa shape index (κ3) is 1.61. The predicted molar refractivity (Wildman–Crippen MR) is 56.5 cm³/mol.